The molecule has 0 fully saturated rings. The first-order valence-electron chi connectivity index (χ1n) is 9.55. The van der Waals surface area contributed by atoms with E-state index in [0.717, 1.165) is 23.3 Å². The lowest BCUT2D eigenvalue weighted by Crippen LogP contribution is -2.33. The van der Waals surface area contributed by atoms with E-state index in [4.69, 9.17) is 9.47 Å². The molecule has 10 heteroatoms. The van der Waals surface area contributed by atoms with Gasteiger partial charge in [0, 0.05) is 20.0 Å². The number of benzene rings is 1. The van der Waals surface area contributed by atoms with Crippen LogP contribution in [0.15, 0.2) is 24.5 Å². The van der Waals surface area contributed by atoms with Crippen LogP contribution in [0.25, 0.3) is 0 Å². The van der Waals surface area contributed by atoms with Gasteiger partial charge in [-0.15, -0.1) is 0 Å². The highest BCUT2D eigenvalue weighted by atomic mass is 16.6. The van der Waals surface area contributed by atoms with Crippen molar-refractivity contribution in [2.75, 3.05) is 30.4 Å². The summed E-state index contributed by atoms with van der Waals surface area (Å²) in [5.41, 5.74) is 1.12. The van der Waals surface area contributed by atoms with Crippen LogP contribution in [-0.2, 0) is 22.5 Å². The Hall–Kier alpha value is -3.43. The summed E-state index contributed by atoms with van der Waals surface area (Å²) in [5.74, 6) is 0.481. The predicted octanol–water partition coefficient (Wildman–Crippen LogP) is 2.71. The first kappa shape index (κ1) is 21.3. The first-order valence-corrected chi connectivity index (χ1v) is 9.55. The Balaban J connectivity index is 1.77. The van der Waals surface area contributed by atoms with Crippen molar-refractivity contribution in [1.82, 2.24) is 9.97 Å². The van der Waals surface area contributed by atoms with E-state index < -0.39 is 16.5 Å². The second-order valence-electron chi connectivity index (χ2n) is 7.99. The molecule has 2 heterocycles. The Morgan fingerprint density at radius 1 is 1.37 bits per heavy atom. The summed E-state index contributed by atoms with van der Waals surface area (Å²) >= 11 is 0. The Morgan fingerprint density at radius 3 is 2.83 bits per heavy atom. The molecule has 0 unspecified atom stereocenters. The summed E-state index contributed by atoms with van der Waals surface area (Å²) in [4.78, 5) is 32.7. The van der Waals surface area contributed by atoms with Gasteiger partial charge in [0.1, 0.15) is 24.2 Å². The second kappa shape index (κ2) is 8.52. The van der Waals surface area contributed by atoms with Gasteiger partial charge in [-0.25, -0.2) is 9.97 Å². The van der Waals surface area contributed by atoms with Crippen molar-refractivity contribution in [3.8, 4) is 5.75 Å². The third kappa shape index (κ3) is 5.13. The van der Waals surface area contributed by atoms with E-state index in [2.05, 4.69) is 15.3 Å². The summed E-state index contributed by atoms with van der Waals surface area (Å²) in [6.45, 7) is 6.10. The van der Waals surface area contributed by atoms with Crippen LogP contribution in [0.3, 0.4) is 0 Å². The van der Waals surface area contributed by atoms with Gasteiger partial charge in [0.2, 0.25) is 11.6 Å². The highest BCUT2D eigenvalue weighted by Crippen LogP contribution is 2.32. The zero-order valence-corrected chi connectivity index (χ0v) is 17.5. The van der Waals surface area contributed by atoms with Gasteiger partial charge in [-0.2, -0.15) is 0 Å². The van der Waals surface area contributed by atoms with E-state index in [0.29, 0.717) is 13.2 Å². The maximum absolute atomic E-state index is 12.1. The van der Waals surface area contributed by atoms with E-state index >= 15 is 0 Å². The number of nitrogens with one attached hydrogen (secondary N) is 1. The number of nitro groups is 1. The zero-order valence-electron chi connectivity index (χ0n) is 17.5. The molecule has 30 heavy (non-hydrogen) atoms. The van der Waals surface area contributed by atoms with Crippen LogP contribution in [0.1, 0.15) is 31.9 Å². The van der Waals surface area contributed by atoms with Gasteiger partial charge in [-0.05, 0) is 38.0 Å². The quantitative estimate of drug-likeness (QED) is 0.413. The number of carbonyl (C=O) groups excluding carboxylic acids is 1. The highest BCUT2D eigenvalue weighted by molar-refractivity contribution is 5.78. The fraction of sp³-hybridized carbons (Fsp3) is 0.450. The molecule has 1 aromatic carbocycles. The van der Waals surface area contributed by atoms with E-state index in [1.807, 2.05) is 18.2 Å². The Labute approximate surface area is 174 Å². The molecule has 0 atom stereocenters. The molecule has 0 aliphatic carbocycles. The number of hydrogen-bond acceptors (Lipinski definition) is 9. The molecule has 1 N–H and O–H groups in total. The molecule has 0 spiro atoms. The molecular weight excluding hydrogens is 390 g/mol. The van der Waals surface area contributed by atoms with Crippen molar-refractivity contribution in [3.05, 3.63) is 45.8 Å². The predicted molar refractivity (Wildman–Crippen MR) is 111 cm³/mol. The Morgan fingerprint density at radius 2 is 2.13 bits per heavy atom. The van der Waals surface area contributed by atoms with E-state index in [1.165, 1.54) is 11.2 Å². The molecule has 3 rings (SSSR count). The van der Waals surface area contributed by atoms with Crippen molar-refractivity contribution < 1.29 is 19.2 Å². The maximum Gasteiger partial charge on any atom is 0.353 e. The van der Waals surface area contributed by atoms with Crippen molar-refractivity contribution in [1.29, 1.82) is 0 Å². The minimum atomic E-state index is -0.650. The van der Waals surface area contributed by atoms with Crippen LogP contribution >= 0.6 is 0 Å². The van der Waals surface area contributed by atoms with Crippen molar-refractivity contribution in [2.45, 2.75) is 39.3 Å². The van der Waals surface area contributed by atoms with Crippen molar-refractivity contribution in [3.63, 3.8) is 0 Å². The third-order valence-corrected chi connectivity index (χ3v) is 4.35. The fourth-order valence-electron chi connectivity index (χ4n) is 3.12. The Bertz CT molecular complexity index is 957. The highest BCUT2D eigenvalue weighted by Gasteiger charge is 2.27. The minimum absolute atomic E-state index is 0.0331. The number of hydrogen-bond donors (Lipinski definition) is 1. The average Bonchev–Trinajstić information content (AvgIpc) is 3.12. The van der Waals surface area contributed by atoms with Crippen LogP contribution < -0.4 is 15.0 Å². The molecule has 160 valence electrons. The molecule has 1 aliphatic rings. The van der Waals surface area contributed by atoms with E-state index in [-0.39, 0.29) is 23.9 Å². The largest absolute Gasteiger partial charge is 0.493 e. The van der Waals surface area contributed by atoms with Crippen LogP contribution in [0, 0.1) is 10.1 Å². The third-order valence-electron chi connectivity index (χ3n) is 4.35. The molecule has 1 aromatic heterocycles. The number of carbonyl (C=O) groups is 1. The second-order valence-corrected chi connectivity index (χ2v) is 7.99. The molecule has 2 aromatic rings. The number of anilines is 2. The summed E-state index contributed by atoms with van der Waals surface area (Å²) in [6.07, 6.45) is 2.07. The molecule has 10 nitrogen and oxygen atoms in total. The summed E-state index contributed by atoms with van der Waals surface area (Å²) < 4.78 is 10.8. The molecular formula is C20H25N5O5. The number of nitrogens with zero attached hydrogens (tertiary/aromatic N) is 4. The van der Waals surface area contributed by atoms with Crippen molar-refractivity contribution in [2.24, 2.45) is 0 Å². The monoisotopic (exact) mass is 415 g/mol. The summed E-state index contributed by atoms with van der Waals surface area (Å²) in [5, 5.41) is 14.8. The number of likely N-dealkylation sites (N-methyl/N-ethyl adjacent to an activating group) is 1. The molecule has 0 saturated carbocycles. The van der Waals surface area contributed by atoms with Gasteiger partial charge in [0.05, 0.1) is 11.5 Å². The SMILES string of the molecule is CN(CC(=O)OC(C)(C)C)c1ncnc(NCc2ccc3c(c2)CCO3)c1[N+](=O)[O-]. The summed E-state index contributed by atoms with van der Waals surface area (Å²) in [7, 11) is 1.55. The number of aromatic nitrogens is 2. The standard InChI is InChI=1S/C20H25N5O5/c1-20(2,3)30-16(26)11-24(4)19-17(25(27)28)18(22-12-23-19)21-10-13-5-6-15-14(9-13)7-8-29-15/h5-6,9,12H,7-8,10-11H2,1-4H3,(H,21,22,23). The molecule has 1 aliphatic heterocycles. The normalized spacial score (nSPS) is 12.7. The molecule has 0 saturated heterocycles. The lowest BCUT2D eigenvalue weighted by atomic mass is 10.1. The summed E-state index contributed by atoms with van der Waals surface area (Å²) in [6, 6.07) is 5.81. The van der Waals surface area contributed by atoms with E-state index in [1.54, 1.807) is 27.8 Å². The lowest BCUT2D eigenvalue weighted by Gasteiger charge is -2.23. The van der Waals surface area contributed by atoms with Gasteiger partial charge >= 0.3 is 11.7 Å². The van der Waals surface area contributed by atoms with Crippen LogP contribution in [0.2, 0.25) is 0 Å². The molecule has 0 bridgehead atoms. The topological polar surface area (TPSA) is 120 Å². The molecule has 0 amide bonds. The Kier molecular flexibility index (Phi) is 6.04. The van der Waals surface area contributed by atoms with Gasteiger partial charge in [-0.1, -0.05) is 12.1 Å². The average molecular weight is 415 g/mol. The minimum Gasteiger partial charge on any atom is -0.493 e. The maximum atomic E-state index is 12.1. The first-order chi connectivity index (χ1) is 14.1. The number of rotatable bonds is 7. The van der Waals surface area contributed by atoms with Gasteiger partial charge in [0.25, 0.3) is 0 Å². The van der Waals surface area contributed by atoms with Crippen molar-refractivity contribution >= 4 is 23.3 Å². The van der Waals surface area contributed by atoms with Gasteiger partial charge in [-0.3, -0.25) is 14.9 Å². The zero-order chi connectivity index (χ0) is 21.9. The fourth-order valence-corrected chi connectivity index (χ4v) is 3.12. The van der Waals surface area contributed by atoms with E-state index in [9.17, 15) is 14.9 Å². The van der Waals surface area contributed by atoms with Crippen LogP contribution in [0.5, 0.6) is 5.75 Å². The smallest absolute Gasteiger partial charge is 0.353 e. The number of ether oxygens (including phenoxy) is 2. The van der Waals surface area contributed by atoms with Crippen LogP contribution in [0.4, 0.5) is 17.3 Å². The lowest BCUT2D eigenvalue weighted by molar-refractivity contribution is -0.383. The number of fused-ring (bicyclic) bond motifs is 1. The molecule has 0 radical (unpaired) electrons. The number of esters is 1. The van der Waals surface area contributed by atoms with Gasteiger partial charge < -0.3 is 19.7 Å². The van der Waals surface area contributed by atoms with Gasteiger partial charge in [0.15, 0.2) is 0 Å². The van der Waals surface area contributed by atoms with Crippen LogP contribution in [-0.4, -0.2) is 46.7 Å².